The first-order valence-corrected chi connectivity index (χ1v) is 11.3. The first-order valence-electron chi connectivity index (χ1n) is 10.4. The third kappa shape index (κ3) is 4.78. The van der Waals surface area contributed by atoms with Crippen LogP contribution in [0, 0.1) is 12.8 Å². The third-order valence-electron chi connectivity index (χ3n) is 5.85. The molecule has 2 aromatic heterocycles. The molecule has 0 radical (unpaired) electrons. The van der Waals surface area contributed by atoms with E-state index in [9.17, 15) is 9.59 Å². The van der Waals surface area contributed by atoms with Gasteiger partial charge in [-0.3, -0.25) is 9.59 Å². The van der Waals surface area contributed by atoms with E-state index < -0.39 is 0 Å². The smallest absolute Gasteiger partial charge is 0.263 e. The van der Waals surface area contributed by atoms with E-state index in [0.29, 0.717) is 6.54 Å². The lowest BCUT2D eigenvalue weighted by Gasteiger charge is -2.35. The second-order valence-electron chi connectivity index (χ2n) is 7.97. The van der Waals surface area contributed by atoms with Crippen LogP contribution >= 0.6 is 11.3 Å². The van der Waals surface area contributed by atoms with Crippen LogP contribution in [0.1, 0.15) is 41.0 Å². The molecule has 2 saturated heterocycles. The van der Waals surface area contributed by atoms with Crippen LogP contribution < -0.4 is 10.2 Å². The van der Waals surface area contributed by atoms with Crippen LogP contribution in [0.25, 0.3) is 0 Å². The molecular formula is C22H28N4O2S. The first kappa shape index (κ1) is 19.9. The molecule has 29 heavy (non-hydrogen) atoms. The van der Waals surface area contributed by atoms with Crippen molar-refractivity contribution in [2.45, 2.75) is 38.6 Å². The fourth-order valence-corrected chi connectivity index (χ4v) is 4.90. The summed E-state index contributed by atoms with van der Waals surface area (Å²) in [5.74, 6) is 1.06. The number of aromatic nitrogens is 1. The molecule has 2 aliphatic heterocycles. The highest BCUT2D eigenvalue weighted by molar-refractivity contribution is 7.12. The van der Waals surface area contributed by atoms with Crippen molar-refractivity contribution in [2.24, 2.45) is 5.92 Å². The van der Waals surface area contributed by atoms with E-state index in [1.54, 1.807) is 0 Å². The zero-order valence-electron chi connectivity index (χ0n) is 16.8. The van der Waals surface area contributed by atoms with Crippen molar-refractivity contribution in [2.75, 3.05) is 31.1 Å². The maximum atomic E-state index is 12.8. The molecule has 2 fully saturated rings. The Hall–Kier alpha value is -2.41. The van der Waals surface area contributed by atoms with Crippen molar-refractivity contribution < 1.29 is 9.59 Å². The predicted octanol–water partition coefficient (Wildman–Crippen LogP) is 3.09. The molecule has 2 amide bonds. The maximum Gasteiger partial charge on any atom is 0.263 e. The van der Waals surface area contributed by atoms with Gasteiger partial charge in [-0.15, -0.1) is 11.3 Å². The number of carbonyl (C=O) groups is 2. The van der Waals surface area contributed by atoms with Crippen molar-refractivity contribution in [3.8, 4) is 0 Å². The molecule has 0 aromatic carbocycles. The van der Waals surface area contributed by atoms with E-state index in [1.165, 1.54) is 11.3 Å². The van der Waals surface area contributed by atoms with Gasteiger partial charge < -0.3 is 15.1 Å². The number of aryl methyl sites for hydroxylation is 1. The summed E-state index contributed by atoms with van der Waals surface area (Å²) in [5, 5.41) is 5.16. The van der Waals surface area contributed by atoms with Crippen LogP contribution in [0.4, 0.5) is 5.82 Å². The van der Waals surface area contributed by atoms with Gasteiger partial charge in [0.2, 0.25) is 5.91 Å². The molecule has 0 bridgehead atoms. The van der Waals surface area contributed by atoms with Crippen LogP contribution in [-0.2, 0) is 4.79 Å². The van der Waals surface area contributed by atoms with E-state index in [1.807, 2.05) is 47.5 Å². The molecule has 7 heteroatoms. The topological polar surface area (TPSA) is 65.5 Å². The molecule has 1 N–H and O–H groups in total. The summed E-state index contributed by atoms with van der Waals surface area (Å²) in [6.07, 6.45) is 3.58. The summed E-state index contributed by atoms with van der Waals surface area (Å²) in [6, 6.07) is 10.0. The molecule has 1 unspecified atom stereocenters. The Kier molecular flexibility index (Phi) is 6.13. The average molecular weight is 413 g/mol. The van der Waals surface area contributed by atoms with Crippen LogP contribution in [0.3, 0.4) is 0 Å². The standard InChI is InChI=1S/C22H28N4O2S/c1-16-5-2-8-20(23-16)25-12-9-18(10-13-25)24-21(27)17-6-3-11-26(15-17)22(28)19-7-4-14-29-19/h2,4-5,7-8,14,17-18H,3,6,9-13,15H2,1H3,(H,24,27). The van der Waals surface area contributed by atoms with E-state index in [4.69, 9.17) is 0 Å². The Morgan fingerprint density at radius 3 is 2.66 bits per heavy atom. The average Bonchev–Trinajstić information content (AvgIpc) is 3.29. The van der Waals surface area contributed by atoms with Crippen molar-refractivity contribution >= 4 is 29.0 Å². The van der Waals surface area contributed by atoms with Gasteiger partial charge in [-0.2, -0.15) is 0 Å². The number of likely N-dealkylation sites (tertiary alicyclic amines) is 1. The van der Waals surface area contributed by atoms with E-state index in [2.05, 4.69) is 15.2 Å². The fourth-order valence-electron chi connectivity index (χ4n) is 4.21. The molecule has 0 spiro atoms. The van der Waals surface area contributed by atoms with Gasteiger partial charge in [-0.25, -0.2) is 4.98 Å². The van der Waals surface area contributed by atoms with Gasteiger partial charge in [-0.05, 0) is 56.2 Å². The molecule has 6 nitrogen and oxygen atoms in total. The minimum absolute atomic E-state index is 0.0523. The SMILES string of the molecule is Cc1cccc(N2CCC(NC(=O)C3CCCN(C(=O)c4cccs4)C3)CC2)n1. The van der Waals surface area contributed by atoms with Crippen molar-refractivity contribution in [3.05, 3.63) is 46.3 Å². The third-order valence-corrected chi connectivity index (χ3v) is 6.71. The molecule has 0 aliphatic carbocycles. The number of amides is 2. The molecule has 4 heterocycles. The Morgan fingerprint density at radius 1 is 1.10 bits per heavy atom. The highest BCUT2D eigenvalue weighted by Crippen LogP contribution is 2.22. The van der Waals surface area contributed by atoms with Crippen LogP contribution in [0.2, 0.25) is 0 Å². The molecule has 4 rings (SSSR count). The summed E-state index contributed by atoms with van der Waals surface area (Å²) in [7, 11) is 0. The van der Waals surface area contributed by atoms with Crippen LogP contribution in [-0.4, -0.2) is 53.9 Å². The quantitative estimate of drug-likeness (QED) is 0.838. The van der Waals surface area contributed by atoms with Gasteiger partial charge in [0.05, 0.1) is 10.8 Å². The number of rotatable bonds is 4. The summed E-state index contributed by atoms with van der Waals surface area (Å²) in [6.45, 7) is 5.06. The van der Waals surface area contributed by atoms with Crippen LogP contribution in [0.15, 0.2) is 35.7 Å². The lowest BCUT2D eigenvalue weighted by molar-refractivity contribution is -0.127. The molecule has 1 atom stereocenters. The lowest BCUT2D eigenvalue weighted by atomic mass is 9.95. The number of pyridine rings is 1. The van der Waals surface area contributed by atoms with E-state index in [-0.39, 0.29) is 23.8 Å². The summed E-state index contributed by atoms with van der Waals surface area (Å²) < 4.78 is 0. The highest BCUT2D eigenvalue weighted by Gasteiger charge is 2.31. The Bertz CT molecular complexity index is 846. The Morgan fingerprint density at radius 2 is 1.93 bits per heavy atom. The monoisotopic (exact) mass is 412 g/mol. The molecule has 154 valence electrons. The number of thiophene rings is 1. The predicted molar refractivity (Wildman–Crippen MR) is 115 cm³/mol. The number of carbonyl (C=O) groups excluding carboxylic acids is 2. The van der Waals surface area contributed by atoms with Gasteiger partial charge in [0.25, 0.3) is 5.91 Å². The van der Waals surface area contributed by atoms with Gasteiger partial charge in [-0.1, -0.05) is 12.1 Å². The maximum absolute atomic E-state index is 12.8. The molecule has 2 aliphatic rings. The number of anilines is 1. The second kappa shape index (κ2) is 8.95. The first-order chi connectivity index (χ1) is 14.1. The van der Waals surface area contributed by atoms with E-state index in [0.717, 1.165) is 61.7 Å². The number of hydrogen-bond donors (Lipinski definition) is 1. The lowest BCUT2D eigenvalue weighted by Crippen LogP contribution is -2.50. The highest BCUT2D eigenvalue weighted by atomic mass is 32.1. The van der Waals surface area contributed by atoms with Crippen molar-refractivity contribution in [1.29, 1.82) is 0 Å². The zero-order valence-corrected chi connectivity index (χ0v) is 17.7. The van der Waals surface area contributed by atoms with Gasteiger partial charge in [0.1, 0.15) is 5.82 Å². The van der Waals surface area contributed by atoms with Gasteiger partial charge in [0, 0.05) is 37.9 Å². The number of nitrogens with one attached hydrogen (secondary N) is 1. The van der Waals surface area contributed by atoms with Gasteiger partial charge >= 0.3 is 0 Å². The fraction of sp³-hybridized carbons (Fsp3) is 0.500. The minimum atomic E-state index is -0.107. The number of hydrogen-bond acceptors (Lipinski definition) is 5. The van der Waals surface area contributed by atoms with Crippen molar-refractivity contribution in [3.63, 3.8) is 0 Å². The largest absolute Gasteiger partial charge is 0.356 e. The summed E-state index contributed by atoms with van der Waals surface area (Å²) in [5.41, 5.74) is 1.02. The normalized spacial score (nSPS) is 20.5. The molecule has 2 aromatic rings. The summed E-state index contributed by atoms with van der Waals surface area (Å²) in [4.78, 5) is 34.9. The molecule has 0 saturated carbocycles. The number of nitrogens with zero attached hydrogens (tertiary/aromatic N) is 3. The Labute approximate surface area is 175 Å². The summed E-state index contributed by atoms with van der Waals surface area (Å²) >= 11 is 1.46. The number of piperidine rings is 2. The van der Waals surface area contributed by atoms with E-state index >= 15 is 0 Å². The minimum Gasteiger partial charge on any atom is -0.356 e. The van der Waals surface area contributed by atoms with Gasteiger partial charge in [0.15, 0.2) is 0 Å². The Balaban J connectivity index is 1.28. The second-order valence-corrected chi connectivity index (χ2v) is 8.92. The molecular weight excluding hydrogens is 384 g/mol. The van der Waals surface area contributed by atoms with Crippen molar-refractivity contribution in [1.82, 2.24) is 15.2 Å². The van der Waals surface area contributed by atoms with Crippen LogP contribution in [0.5, 0.6) is 0 Å². The zero-order chi connectivity index (χ0) is 20.2.